The Kier molecular flexibility index (Phi) is 4.49. The summed E-state index contributed by atoms with van der Waals surface area (Å²) in [6.45, 7) is 0. The van der Waals surface area contributed by atoms with Crippen LogP contribution in [0.3, 0.4) is 0 Å². The van der Waals surface area contributed by atoms with E-state index in [0.29, 0.717) is 5.69 Å². The lowest BCUT2D eigenvalue weighted by atomic mass is 9.86. The summed E-state index contributed by atoms with van der Waals surface area (Å²) in [4.78, 5) is 27.3. The van der Waals surface area contributed by atoms with Gasteiger partial charge in [0.15, 0.2) is 0 Å². The number of aromatic nitrogens is 1. The molecule has 0 bridgehead atoms. The summed E-state index contributed by atoms with van der Waals surface area (Å²) < 4.78 is 4.74. The van der Waals surface area contributed by atoms with E-state index in [1.54, 1.807) is 24.4 Å². The van der Waals surface area contributed by atoms with Gasteiger partial charge in [0, 0.05) is 12.2 Å². The maximum absolute atomic E-state index is 11.9. The minimum atomic E-state index is -0.151. The van der Waals surface area contributed by atoms with Crippen molar-refractivity contribution in [2.75, 3.05) is 7.11 Å². The van der Waals surface area contributed by atoms with Crippen LogP contribution in [0.5, 0.6) is 0 Å². The van der Waals surface area contributed by atoms with Gasteiger partial charge in [-0.15, -0.1) is 0 Å². The Balaban J connectivity index is 1.83. The third-order valence-corrected chi connectivity index (χ3v) is 3.49. The Labute approximate surface area is 112 Å². The lowest BCUT2D eigenvalue weighted by molar-refractivity contribution is -0.146. The minimum Gasteiger partial charge on any atom is -0.469 e. The minimum absolute atomic E-state index is 0.0204. The van der Waals surface area contributed by atoms with Crippen molar-refractivity contribution in [1.29, 1.82) is 0 Å². The molecule has 0 unspecified atom stereocenters. The number of rotatable bonds is 3. The first kappa shape index (κ1) is 13.5. The van der Waals surface area contributed by atoms with Gasteiger partial charge in [-0.05, 0) is 37.8 Å². The topological polar surface area (TPSA) is 68.3 Å². The van der Waals surface area contributed by atoms with E-state index >= 15 is 0 Å². The van der Waals surface area contributed by atoms with E-state index in [4.69, 9.17) is 4.74 Å². The number of nitrogens with zero attached hydrogens (tertiary/aromatic N) is 1. The summed E-state index contributed by atoms with van der Waals surface area (Å²) >= 11 is 0. The Bertz CT molecular complexity index is 439. The van der Waals surface area contributed by atoms with Crippen LogP contribution in [0.1, 0.15) is 36.2 Å². The molecule has 1 aliphatic carbocycles. The summed E-state index contributed by atoms with van der Waals surface area (Å²) in [5.74, 6) is -0.315. The average molecular weight is 262 g/mol. The molecule has 1 amide bonds. The zero-order valence-electron chi connectivity index (χ0n) is 11.0. The maximum atomic E-state index is 11.9. The SMILES string of the molecule is COC(=O)C1CCC(NC(=O)c2ccccn2)CC1. The second-order valence-corrected chi connectivity index (χ2v) is 4.76. The molecule has 1 aliphatic rings. The molecule has 1 heterocycles. The van der Waals surface area contributed by atoms with Crippen molar-refractivity contribution in [3.05, 3.63) is 30.1 Å². The van der Waals surface area contributed by atoms with E-state index in [1.165, 1.54) is 7.11 Å². The molecule has 2 rings (SSSR count). The Morgan fingerprint density at radius 1 is 1.26 bits per heavy atom. The molecule has 1 fully saturated rings. The third kappa shape index (κ3) is 3.53. The first-order valence-corrected chi connectivity index (χ1v) is 6.50. The second kappa shape index (κ2) is 6.31. The predicted molar refractivity (Wildman–Crippen MR) is 69.5 cm³/mol. The Morgan fingerprint density at radius 2 is 2.00 bits per heavy atom. The smallest absolute Gasteiger partial charge is 0.308 e. The van der Waals surface area contributed by atoms with Gasteiger partial charge < -0.3 is 10.1 Å². The molecule has 1 aromatic rings. The molecule has 0 spiro atoms. The number of esters is 1. The van der Waals surface area contributed by atoms with Crippen LogP contribution in [0.4, 0.5) is 0 Å². The molecule has 0 saturated heterocycles. The number of amides is 1. The van der Waals surface area contributed by atoms with E-state index in [-0.39, 0.29) is 23.8 Å². The van der Waals surface area contributed by atoms with E-state index in [2.05, 4.69) is 10.3 Å². The van der Waals surface area contributed by atoms with Crippen LogP contribution in [0.25, 0.3) is 0 Å². The summed E-state index contributed by atoms with van der Waals surface area (Å²) in [5.41, 5.74) is 0.428. The number of ether oxygens (including phenoxy) is 1. The number of methoxy groups -OCH3 is 1. The lowest BCUT2D eigenvalue weighted by Crippen LogP contribution is -2.39. The summed E-state index contributed by atoms with van der Waals surface area (Å²) in [7, 11) is 1.41. The highest BCUT2D eigenvalue weighted by molar-refractivity contribution is 5.92. The third-order valence-electron chi connectivity index (χ3n) is 3.49. The number of hydrogen-bond donors (Lipinski definition) is 1. The fourth-order valence-corrected chi connectivity index (χ4v) is 2.40. The maximum Gasteiger partial charge on any atom is 0.308 e. The quantitative estimate of drug-likeness (QED) is 0.839. The second-order valence-electron chi connectivity index (χ2n) is 4.76. The number of hydrogen-bond acceptors (Lipinski definition) is 4. The molecule has 0 aliphatic heterocycles. The first-order chi connectivity index (χ1) is 9.20. The highest BCUT2D eigenvalue weighted by Crippen LogP contribution is 2.25. The standard InChI is InChI=1S/C14H18N2O3/c1-19-14(18)10-5-7-11(8-6-10)16-13(17)12-4-2-3-9-15-12/h2-4,9-11H,5-8H2,1H3,(H,16,17). The van der Waals surface area contributed by atoms with Gasteiger partial charge in [0.25, 0.3) is 5.91 Å². The zero-order chi connectivity index (χ0) is 13.7. The summed E-state index contributed by atoms with van der Waals surface area (Å²) in [6, 6.07) is 5.37. The van der Waals surface area contributed by atoms with Gasteiger partial charge in [0.05, 0.1) is 13.0 Å². The van der Waals surface area contributed by atoms with Crippen LogP contribution >= 0.6 is 0 Å². The van der Waals surface area contributed by atoms with Gasteiger partial charge in [0.2, 0.25) is 0 Å². The lowest BCUT2D eigenvalue weighted by Gasteiger charge is -2.27. The van der Waals surface area contributed by atoms with Crippen molar-refractivity contribution in [2.45, 2.75) is 31.7 Å². The highest BCUT2D eigenvalue weighted by atomic mass is 16.5. The number of carbonyl (C=O) groups excluding carboxylic acids is 2. The molecule has 19 heavy (non-hydrogen) atoms. The molecular weight excluding hydrogens is 244 g/mol. The van der Waals surface area contributed by atoms with Crippen molar-refractivity contribution in [3.63, 3.8) is 0 Å². The average Bonchev–Trinajstić information content (AvgIpc) is 2.48. The summed E-state index contributed by atoms with van der Waals surface area (Å²) in [5, 5.41) is 2.96. The molecule has 1 aromatic heterocycles. The van der Waals surface area contributed by atoms with Crippen LogP contribution in [0, 0.1) is 5.92 Å². The molecule has 5 nitrogen and oxygen atoms in total. The van der Waals surface area contributed by atoms with Crippen LogP contribution in [0.15, 0.2) is 24.4 Å². The highest BCUT2D eigenvalue weighted by Gasteiger charge is 2.27. The fraction of sp³-hybridized carbons (Fsp3) is 0.500. The molecule has 1 N–H and O–H groups in total. The molecule has 0 atom stereocenters. The molecular formula is C14H18N2O3. The van der Waals surface area contributed by atoms with Crippen molar-refractivity contribution >= 4 is 11.9 Å². The van der Waals surface area contributed by atoms with Crippen LogP contribution in [-0.2, 0) is 9.53 Å². The fourth-order valence-electron chi connectivity index (χ4n) is 2.40. The van der Waals surface area contributed by atoms with Gasteiger partial charge in [-0.2, -0.15) is 0 Å². The largest absolute Gasteiger partial charge is 0.469 e. The zero-order valence-corrected chi connectivity index (χ0v) is 11.0. The number of pyridine rings is 1. The van der Waals surface area contributed by atoms with E-state index in [1.807, 2.05) is 0 Å². The molecule has 0 aromatic carbocycles. The van der Waals surface area contributed by atoms with Crippen molar-refractivity contribution in [2.24, 2.45) is 5.92 Å². The van der Waals surface area contributed by atoms with Crippen LogP contribution in [-0.4, -0.2) is 30.0 Å². The first-order valence-electron chi connectivity index (χ1n) is 6.50. The Morgan fingerprint density at radius 3 is 2.58 bits per heavy atom. The van der Waals surface area contributed by atoms with E-state index in [0.717, 1.165) is 25.7 Å². The molecule has 102 valence electrons. The van der Waals surface area contributed by atoms with Crippen LogP contribution < -0.4 is 5.32 Å². The van der Waals surface area contributed by atoms with E-state index < -0.39 is 0 Å². The number of carbonyl (C=O) groups is 2. The normalized spacial score (nSPS) is 22.6. The molecule has 1 saturated carbocycles. The molecule has 0 radical (unpaired) electrons. The predicted octanol–water partition coefficient (Wildman–Crippen LogP) is 1.54. The number of nitrogens with one attached hydrogen (secondary N) is 1. The van der Waals surface area contributed by atoms with Crippen LogP contribution in [0.2, 0.25) is 0 Å². The van der Waals surface area contributed by atoms with Gasteiger partial charge in [0.1, 0.15) is 5.69 Å². The van der Waals surface area contributed by atoms with Gasteiger partial charge in [-0.1, -0.05) is 6.07 Å². The summed E-state index contributed by atoms with van der Waals surface area (Å²) in [6.07, 6.45) is 4.74. The van der Waals surface area contributed by atoms with Crippen molar-refractivity contribution in [3.8, 4) is 0 Å². The van der Waals surface area contributed by atoms with Gasteiger partial charge in [-0.25, -0.2) is 0 Å². The van der Waals surface area contributed by atoms with Gasteiger partial charge in [-0.3, -0.25) is 14.6 Å². The van der Waals surface area contributed by atoms with Crippen molar-refractivity contribution < 1.29 is 14.3 Å². The Hall–Kier alpha value is -1.91. The van der Waals surface area contributed by atoms with Crippen molar-refractivity contribution in [1.82, 2.24) is 10.3 Å². The van der Waals surface area contributed by atoms with Gasteiger partial charge >= 0.3 is 5.97 Å². The molecule has 5 heteroatoms. The monoisotopic (exact) mass is 262 g/mol. The van der Waals surface area contributed by atoms with E-state index in [9.17, 15) is 9.59 Å².